The van der Waals surface area contributed by atoms with Crippen molar-refractivity contribution in [1.29, 1.82) is 0 Å². The predicted molar refractivity (Wildman–Crippen MR) is 144 cm³/mol. The van der Waals surface area contributed by atoms with Gasteiger partial charge >= 0.3 is 0 Å². The predicted octanol–water partition coefficient (Wildman–Crippen LogP) is 0.851. The molecule has 0 radical (unpaired) electrons. The van der Waals surface area contributed by atoms with Crippen molar-refractivity contribution in [3.63, 3.8) is 0 Å². The number of H-pyrrole nitrogens is 1. The lowest BCUT2D eigenvalue weighted by molar-refractivity contribution is -0.00334. The molecule has 2 heterocycles. The number of carbonyl (C=O) groups excluding carboxylic acids is 1. The van der Waals surface area contributed by atoms with Gasteiger partial charge in [-0.15, -0.1) is 0 Å². The summed E-state index contributed by atoms with van der Waals surface area (Å²) in [6.07, 6.45) is 4.86. The summed E-state index contributed by atoms with van der Waals surface area (Å²) in [6.45, 7) is 18.5. The maximum Gasteiger partial charge on any atom is 0.271 e. The van der Waals surface area contributed by atoms with Crippen LogP contribution in [0, 0.1) is 0 Å². The van der Waals surface area contributed by atoms with Gasteiger partial charge in [0.1, 0.15) is 5.69 Å². The van der Waals surface area contributed by atoms with Gasteiger partial charge in [0.15, 0.2) is 0 Å². The number of nitrogens with one attached hydrogen (secondary N) is 1. The number of hydrogen-bond acceptors (Lipinski definition) is 9. The second kappa shape index (κ2) is 20.1. The van der Waals surface area contributed by atoms with Crippen LogP contribution in [-0.4, -0.2) is 142 Å². The zero-order chi connectivity index (χ0) is 26.6. The van der Waals surface area contributed by atoms with Gasteiger partial charge in [0.25, 0.3) is 5.91 Å². The number of aromatic nitrogens is 2. The van der Waals surface area contributed by atoms with E-state index in [0.717, 1.165) is 64.2 Å². The third-order valence-corrected chi connectivity index (χ3v) is 6.03. The molecule has 0 atom stereocenters. The fourth-order valence-corrected chi connectivity index (χ4v) is 3.96. The van der Waals surface area contributed by atoms with Crippen LogP contribution in [0.3, 0.4) is 0 Å². The summed E-state index contributed by atoms with van der Waals surface area (Å²) in [4.78, 5) is 26.3. The van der Waals surface area contributed by atoms with Gasteiger partial charge in [-0.1, -0.05) is 12.2 Å². The number of imidazole rings is 1. The van der Waals surface area contributed by atoms with E-state index in [0.29, 0.717) is 71.6 Å². The maximum atomic E-state index is 12.7. The lowest BCUT2D eigenvalue weighted by Gasteiger charge is -2.35. The van der Waals surface area contributed by atoms with E-state index in [1.54, 1.807) is 6.20 Å². The van der Waals surface area contributed by atoms with Crippen LogP contribution in [0.1, 0.15) is 30.3 Å². The second-order valence-electron chi connectivity index (χ2n) is 9.28. The molecule has 1 aromatic heterocycles. The highest BCUT2D eigenvalue weighted by Gasteiger charge is 2.19. The SMILES string of the molecule is C=C(C)COCCOCCOCCOCCN1CCN(CCCN(CCCN)C(=O)c2cnc[nH]2)CC1. The van der Waals surface area contributed by atoms with Gasteiger partial charge in [-0.2, -0.15) is 0 Å². The maximum absolute atomic E-state index is 12.7. The molecule has 11 nitrogen and oxygen atoms in total. The Morgan fingerprint density at radius 1 is 0.946 bits per heavy atom. The zero-order valence-electron chi connectivity index (χ0n) is 22.7. The summed E-state index contributed by atoms with van der Waals surface area (Å²) >= 11 is 0. The van der Waals surface area contributed by atoms with E-state index in [1.165, 1.54) is 6.33 Å². The molecule has 0 spiro atoms. The number of carbonyl (C=O) groups is 1. The Morgan fingerprint density at radius 3 is 2.08 bits per heavy atom. The van der Waals surface area contributed by atoms with Crippen LogP contribution in [0.4, 0.5) is 0 Å². The van der Waals surface area contributed by atoms with E-state index in [4.69, 9.17) is 24.7 Å². The summed E-state index contributed by atoms with van der Waals surface area (Å²) in [5.41, 5.74) is 7.20. The van der Waals surface area contributed by atoms with E-state index >= 15 is 0 Å². The van der Waals surface area contributed by atoms with Gasteiger partial charge in [0, 0.05) is 45.8 Å². The van der Waals surface area contributed by atoms with Gasteiger partial charge in [0.05, 0.1) is 65.4 Å². The van der Waals surface area contributed by atoms with E-state index in [-0.39, 0.29) is 5.91 Å². The van der Waals surface area contributed by atoms with Gasteiger partial charge in [-0.05, 0) is 32.9 Å². The topological polar surface area (TPSA) is 118 Å². The van der Waals surface area contributed by atoms with Crippen LogP contribution in [0.5, 0.6) is 0 Å². The molecule has 1 amide bonds. The molecule has 1 aromatic rings. The van der Waals surface area contributed by atoms with Gasteiger partial charge < -0.3 is 39.5 Å². The van der Waals surface area contributed by atoms with Gasteiger partial charge in [0.2, 0.25) is 0 Å². The molecule has 3 N–H and O–H groups in total. The van der Waals surface area contributed by atoms with Crippen molar-refractivity contribution in [2.75, 3.05) is 112 Å². The highest BCUT2D eigenvalue weighted by Crippen LogP contribution is 2.06. The molecule has 0 unspecified atom stereocenters. The molecule has 11 heteroatoms. The van der Waals surface area contributed by atoms with E-state index < -0.39 is 0 Å². The number of nitrogens with two attached hydrogens (primary N) is 1. The van der Waals surface area contributed by atoms with Gasteiger partial charge in [-0.3, -0.25) is 9.69 Å². The van der Waals surface area contributed by atoms with E-state index in [1.807, 2.05) is 11.8 Å². The molecule has 0 bridgehead atoms. The van der Waals surface area contributed by atoms with Crippen molar-refractivity contribution in [3.05, 3.63) is 30.4 Å². The smallest absolute Gasteiger partial charge is 0.271 e. The summed E-state index contributed by atoms with van der Waals surface area (Å²) in [6, 6.07) is 0. The molecule has 1 aliphatic heterocycles. The minimum absolute atomic E-state index is 0.00503. The number of piperazine rings is 1. The Hall–Kier alpha value is -1.86. The minimum Gasteiger partial charge on any atom is -0.378 e. The van der Waals surface area contributed by atoms with E-state index in [9.17, 15) is 4.79 Å². The Labute approximate surface area is 222 Å². The number of amides is 1. The molecular formula is C26H48N6O5. The highest BCUT2D eigenvalue weighted by molar-refractivity contribution is 5.92. The molecule has 37 heavy (non-hydrogen) atoms. The first kappa shape index (κ1) is 31.4. The molecule has 1 fully saturated rings. The lowest BCUT2D eigenvalue weighted by atomic mass is 10.2. The van der Waals surface area contributed by atoms with Crippen LogP contribution in [0.15, 0.2) is 24.7 Å². The Kier molecular flexibility index (Phi) is 17.1. The molecule has 0 aromatic carbocycles. The van der Waals surface area contributed by atoms with Gasteiger partial charge in [-0.25, -0.2) is 4.98 Å². The van der Waals surface area contributed by atoms with E-state index in [2.05, 4.69) is 26.3 Å². The Balaban J connectivity index is 1.43. The van der Waals surface area contributed by atoms with Crippen LogP contribution in [-0.2, 0) is 18.9 Å². The summed E-state index contributed by atoms with van der Waals surface area (Å²) in [5, 5.41) is 0. The fourth-order valence-electron chi connectivity index (χ4n) is 3.96. The summed E-state index contributed by atoms with van der Waals surface area (Å²) < 4.78 is 22.1. The van der Waals surface area contributed by atoms with Crippen molar-refractivity contribution in [1.82, 2.24) is 24.7 Å². The first-order valence-electron chi connectivity index (χ1n) is 13.5. The summed E-state index contributed by atoms with van der Waals surface area (Å²) in [7, 11) is 0. The number of rotatable bonds is 22. The van der Waals surface area contributed by atoms with Crippen molar-refractivity contribution < 1.29 is 23.7 Å². The first-order valence-corrected chi connectivity index (χ1v) is 13.5. The zero-order valence-corrected chi connectivity index (χ0v) is 22.7. The minimum atomic E-state index is -0.00503. The standard InChI is InChI=1S/C26H48N6O5/c1-24(2)22-37-20-19-36-18-17-35-16-15-34-14-13-31-11-9-30(10-12-31)6-4-8-32(7-3-5-27)26(33)25-21-28-23-29-25/h21,23H,1,3-20,22,27H2,2H3,(H,28,29). The third kappa shape index (κ3) is 14.6. The Bertz CT molecular complexity index is 712. The molecule has 2 rings (SSSR count). The van der Waals surface area contributed by atoms with Crippen molar-refractivity contribution in [2.45, 2.75) is 19.8 Å². The highest BCUT2D eigenvalue weighted by atomic mass is 16.6. The normalized spacial score (nSPS) is 14.8. The average Bonchev–Trinajstić information content (AvgIpc) is 3.44. The molecule has 212 valence electrons. The molecule has 1 saturated heterocycles. The largest absolute Gasteiger partial charge is 0.378 e. The first-order chi connectivity index (χ1) is 18.1. The quantitative estimate of drug-likeness (QED) is 0.168. The average molecular weight is 525 g/mol. The van der Waals surface area contributed by atoms with Crippen LogP contribution in [0.2, 0.25) is 0 Å². The fraction of sp³-hybridized carbons (Fsp3) is 0.769. The molecular weight excluding hydrogens is 476 g/mol. The molecule has 0 saturated carbocycles. The molecule has 0 aliphatic carbocycles. The number of aromatic amines is 1. The van der Waals surface area contributed by atoms with Crippen molar-refractivity contribution in [3.8, 4) is 0 Å². The number of hydrogen-bond donors (Lipinski definition) is 2. The monoisotopic (exact) mass is 524 g/mol. The summed E-state index contributed by atoms with van der Waals surface area (Å²) in [5.74, 6) is -0.00503. The lowest BCUT2D eigenvalue weighted by Crippen LogP contribution is -2.48. The second-order valence-corrected chi connectivity index (χ2v) is 9.28. The van der Waals surface area contributed by atoms with Crippen LogP contribution in [0.25, 0.3) is 0 Å². The Morgan fingerprint density at radius 2 is 1.51 bits per heavy atom. The van der Waals surface area contributed by atoms with Crippen molar-refractivity contribution >= 4 is 5.91 Å². The van der Waals surface area contributed by atoms with Crippen molar-refractivity contribution in [2.24, 2.45) is 5.73 Å². The number of ether oxygens (including phenoxy) is 4. The van der Waals surface area contributed by atoms with Crippen LogP contribution >= 0.6 is 0 Å². The number of nitrogens with zero attached hydrogens (tertiary/aromatic N) is 4. The third-order valence-electron chi connectivity index (χ3n) is 6.03. The molecule has 1 aliphatic rings. The van der Waals surface area contributed by atoms with Crippen LogP contribution < -0.4 is 5.73 Å².